The number of amides is 2. The summed E-state index contributed by atoms with van der Waals surface area (Å²) >= 11 is 0. The van der Waals surface area contributed by atoms with Crippen molar-refractivity contribution in [2.24, 2.45) is 0 Å². The van der Waals surface area contributed by atoms with Crippen molar-refractivity contribution >= 4 is 17.5 Å². The molecule has 5 nitrogen and oxygen atoms in total. The van der Waals surface area contributed by atoms with E-state index >= 15 is 0 Å². The first-order chi connectivity index (χ1) is 13.8. The molecular formula is C24H24N2O3. The van der Waals surface area contributed by atoms with Gasteiger partial charge in [0, 0.05) is 16.8 Å². The van der Waals surface area contributed by atoms with Crippen LogP contribution in [0.2, 0.25) is 0 Å². The second kappa shape index (κ2) is 8.61. The second-order valence-electron chi connectivity index (χ2n) is 7.65. The normalized spacial score (nSPS) is 10.9. The third-order valence-corrected chi connectivity index (χ3v) is 4.00. The summed E-state index contributed by atoms with van der Waals surface area (Å²) in [4.78, 5) is 25.0. The van der Waals surface area contributed by atoms with Gasteiger partial charge in [0.15, 0.2) is 0 Å². The van der Waals surface area contributed by atoms with E-state index in [1.54, 1.807) is 42.5 Å². The van der Waals surface area contributed by atoms with Gasteiger partial charge in [-0.3, -0.25) is 9.59 Å². The minimum Gasteiger partial charge on any atom is -0.457 e. The molecule has 2 amide bonds. The highest BCUT2D eigenvalue weighted by Gasteiger charge is 2.16. The SMILES string of the molecule is CC(C)(C)NC(=O)c1ccc(NC(=O)c2ccccc2Oc2ccccc2)cc1. The first-order valence-electron chi connectivity index (χ1n) is 9.38. The van der Waals surface area contributed by atoms with Gasteiger partial charge < -0.3 is 15.4 Å². The van der Waals surface area contributed by atoms with E-state index in [4.69, 9.17) is 4.74 Å². The molecule has 0 radical (unpaired) electrons. The Bertz CT molecular complexity index is 991. The van der Waals surface area contributed by atoms with Crippen LogP contribution in [0.1, 0.15) is 41.5 Å². The van der Waals surface area contributed by atoms with Crippen LogP contribution < -0.4 is 15.4 Å². The van der Waals surface area contributed by atoms with E-state index in [2.05, 4.69) is 10.6 Å². The zero-order valence-electron chi connectivity index (χ0n) is 16.7. The molecule has 0 fully saturated rings. The van der Waals surface area contributed by atoms with Gasteiger partial charge >= 0.3 is 0 Å². The number of nitrogens with one attached hydrogen (secondary N) is 2. The molecule has 0 aliphatic carbocycles. The Balaban J connectivity index is 1.72. The molecule has 0 aromatic heterocycles. The maximum atomic E-state index is 12.8. The summed E-state index contributed by atoms with van der Waals surface area (Å²) in [5, 5.41) is 5.76. The number of hydrogen-bond acceptors (Lipinski definition) is 3. The van der Waals surface area contributed by atoms with Crippen LogP contribution in [-0.2, 0) is 0 Å². The first-order valence-corrected chi connectivity index (χ1v) is 9.38. The highest BCUT2D eigenvalue weighted by Crippen LogP contribution is 2.26. The molecule has 0 spiro atoms. The predicted octanol–water partition coefficient (Wildman–Crippen LogP) is 5.26. The van der Waals surface area contributed by atoms with E-state index in [1.165, 1.54) is 0 Å². The Hall–Kier alpha value is -3.60. The molecule has 0 bridgehead atoms. The van der Waals surface area contributed by atoms with Crippen molar-refractivity contribution < 1.29 is 14.3 Å². The van der Waals surface area contributed by atoms with E-state index < -0.39 is 0 Å². The summed E-state index contributed by atoms with van der Waals surface area (Å²) in [5.74, 6) is 0.680. The van der Waals surface area contributed by atoms with Crippen molar-refractivity contribution in [3.63, 3.8) is 0 Å². The van der Waals surface area contributed by atoms with Crippen LogP contribution in [0.5, 0.6) is 11.5 Å². The molecule has 5 heteroatoms. The Labute approximate surface area is 170 Å². The summed E-state index contributed by atoms with van der Waals surface area (Å²) in [6.07, 6.45) is 0. The van der Waals surface area contributed by atoms with Crippen molar-refractivity contribution in [3.05, 3.63) is 90.0 Å². The smallest absolute Gasteiger partial charge is 0.259 e. The number of carbonyl (C=O) groups is 2. The third-order valence-electron chi connectivity index (χ3n) is 4.00. The lowest BCUT2D eigenvalue weighted by Gasteiger charge is -2.20. The summed E-state index contributed by atoms with van der Waals surface area (Å²) in [6, 6.07) is 23.1. The van der Waals surface area contributed by atoms with Crippen LogP contribution in [0, 0.1) is 0 Å². The molecule has 0 atom stereocenters. The quantitative estimate of drug-likeness (QED) is 0.626. The van der Waals surface area contributed by atoms with Crippen LogP contribution >= 0.6 is 0 Å². The molecule has 3 aromatic rings. The summed E-state index contributed by atoms with van der Waals surface area (Å²) in [7, 11) is 0. The summed E-state index contributed by atoms with van der Waals surface area (Å²) in [5.41, 5.74) is 1.24. The van der Waals surface area contributed by atoms with Gasteiger partial charge in [0.2, 0.25) is 0 Å². The van der Waals surface area contributed by atoms with Gasteiger partial charge in [-0.05, 0) is 69.3 Å². The number of para-hydroxylation sites is 2. The number of ether oxygens (including phenoxy) is 1. The van der Waals surface area contributed by atoms with Crippen molar-refractivity contribution in [1.29, 1.82) is 0 Å². The van der Waals surface area contributed by atoms with E-state index in [9.17, 15) is 9.59 Å². The van der Waals surface area contributed by atoms with E-state index in [0.717, 1.165) is 0 Å². The van der Waals surface area contributed by atoms with Gasteiger partial charge in [0.05, 0.1) is 5.56 Å². The van der Waals surface area contributed by atoms with Gasteiger partial charge in [0.1, 0.15) is 11.5 Å². The summed E-state index contributed by atoms with van der Waals surface area (Å²) in [6.45, 7) is 5.78. The van der Waals surface area contributed by atoms with E-state index in [-0.39, 0.29) is 17.4 Å². The highest BCUT2D eigenvalue weighted by molar-refractivity contribution is 6.06. The lowest BCUT2D eigenvalue weighted by atomic mass is 10.1. The zero-order chi connectivity index (χ0) is 20.9. The molecule has 0 saturated heterocycles. The molecule has 0 heterocycles. The number of anilines is 1. The number of hydrogen-bond donors (Lipinski definition) is 2. The Morgan fingerprint density at radius 2 is 1.38 bits per heavy atom. The van der Waals surface area contributed by atoms with Gasteiger partial charge in [-0.2, -0.15) is 0 Å². The Morgan fingerprint density at radius 1 is 0.759 bits per heavy atom. The topological polar surface area (TPSA) is 67.4 Å². The van der Waals surface area contributed by atoms with Crippen LogP contribution in [0.4, 0.5) is 5.69 Å². The minimum atomic E-state index is -0.313. The fourth-order valence-electron chi connectivity index (χ4n) is 2.67. The molecule has 0 saturated carbocycles. The molecule has 0 unspecified atom stereocenters. The van der Waals surface area contributed by atoms with Crippen molar-refractivity contribution in [1.82, 2.24) is 5.32 Å². The molecular weight excluding hydrogens is 364 g/mol. The van der Waals surface area contributed by atoms with Gasteiger partial charge in [-0.25, -0.2) is 0 Å². The number of carbonyl (C=O) groups excluding carboxylic acids is 2. The second-order valence-corrected chi connectivity index (χ2v) is 7.65. The maximum Gasteiger partial charge on any atom is 0.259 e. The highest BCUT2D eigenvalue weighted by atomic mass is 16.5. The molecule has 148 valence electrons. The summed E-state index contributed by atoms with van der Waals surface area (Å²) < 4.78 is 5.85. The average Bonchev–Trinajstić information content (AvgIpc) is 2.68. The fourth-order valence-corrected chi connectivity index (χ4v) is 2.67. The largest absolute Gasteiger partial charge is 0.457 e. The van der Waals surface area contributed by atoms with Crippen molar-refractivity contribution in [3.8, 4) is 11.5 Å². The lowest BCUT2D eigenvalue weighted by molar-refractivity contribution is 0.0919. The molecule has 3 aromatic carbocycles. The average molecular weight is 388 g/mol. The molecule has 2 N–H and O–H groups in total. The van der Waals surface area contributed by atoms with Crippen molar-refractivity contribution in [2.75, 3.05) is 5.32 Å². The Kier molecular flexibility index (Phi) is 5.98. The molecule has 0 aliphatic heterocycles. The van der Waals surface area contributed by atoms with Gasteiger partial charge in [0.25, 0.3) is 11.8 Å². The minimum absolute atomic E-state index is 0.156. The predicted molar refractivity (Wildman–Crippen MR) is 115 cm³/mol. The fraction of sp³-hybridized carbons (Fsp3) is 0.167. The maximum absolute atomic E-state index is 12.8. The van der Waals surface area contributed by atoms with Crippen LogP contribution in [0.25, 0.3) is 0 Å². The monoisotopic (exact) mass is 388 g/mol. The van der Waals surface area contributed by atoms with Crippen LogP contribution in [0.3, 0.4) is 0 Å². The molecule has 0 aliphatic rings. The van der Waals surface area contributed by atoms with Crippen molar-refractivity contribution in [2.45, 2.75) is 26.3 Å². The first kappa shape index (κ1) is 20.1. The van der Waals surface area contributed by atoms with Gasteiger partial charge in [-0.15, -0.1) is 0 Å². The lowest BCUT2D eigenvalue weighted by Crippen LogP contribution is -2.40. The number of benzene rings is 3. The van der Waals surface area contributed by atoms with Crippen LogP contribution in [-0.4, -0.2) is 17.4 Å². The molecule has 3 rings (SSSR count). The Morgan fingerprint density at radius 3 is 2.03 bits per heavy atom. The van der Waals surface area contributed by atoms with Crippen LogP contribution in [0.15, 0.2) is 78.9 Å². The number of rotatable bonds is 5. The molecule has 29 heavy (non-hydrogen) atoms. The van der Waals surface area contributed by atoms with Gasteiger partial charge in [-0.1, -0.05) is 30.3 Å². The van der Waals surface area contributed by atoms with E-state index in [1.807, 2.05) is 57.2 Å². The third kappa shape index (κ3) is 5.69. The standard InChI is InChI=1S/C24H24N2O3/c1-24(2,3)26-22(27)17-13-15-18(16-14-17)25-23(28)20-11-7-8-12-21(20)29-19-9-5-4-6-10-19/h4-16H,1-3H3,(H,25,28)(H,26,27). The zero-order valence-corrected chi connectivity index (χ0v) is 16.7. The van der Waals surface area contributed by atoms with E-state index in [0.29, 0.717) is 28.3 Å².